The molecule has 5 rings (SSSR count). The molecule has 0 aromatic rings. The van der Waals surface area contributed by atoms with Crippen LogP contribution < -0.4 is 0 Å². The summed E-state index contributed by atoms with van der Waals surface area (Å²) in [6.45, 7) is 4.22. The maximum absolute atomic E-state index is 4.22. The summed E-state index contributed by atoms with van der Waals surface area (Å²) in [6, 6.07) is 0. The van der Waals surface area contributed by atoms with E-state index in [9.17, 15) is 0 Å². The van der Waals surface area contributed by atoms with Crippen LogP contribution in [-0.2, 0) is 0 Å². The summed E-state index contributed by atoms with van der Waals surface area (Å²) in [5.74, 6) is 4.02. The van der Waals surface area contributed by atoms with E-state index >= 15 is 0 Å². The summed E-state index contributed by atoms with van der Waals surface area (Å²) in [5.41, 5.74) is 2.23. The molecule has 0 spiro atoms. The topological polar surface area (TPSA) is 0 Å². The fourth-order valence-corrected chi connectivity index (χ4v) is 6.48. The van der Waals surface area contributed by atoms with Gasteiger partial charge in [-0.1, -0.05) is 38.0 Å². The van der Waals surface area contributed by atoms with Gasteiger partial charge in [0.15, 0.2) is 0 Å². The van der Waals surface area contributed by atoms with Gasteiger partial charge in [-0.05, 0) is 86.0 Å². The van der Waals surface area contributed by atoms with E-state index in [2.05, 4.69) is 18.7 Å². The first-order valence-electron chi connectivity index (χ1n) is 9.12. The number of hydrogen-bond acceptors (Lipinski definition) is 0. The molecule has 0 atom stereocenters. The van der Waals surface area contributed by atoms with E-state index in [1.54, 1.807) is 24.8 Å². The Morgan fingerprint density at radius 2 is 1.40 bits per heavy atom. The lowest BCUT2D eigenvalue weighted by Crippen LogP contribution is -2.46. The van der Waals surface area contributed by atoms with Crippen LogP contribution in [0.25, 0.3) is 0 Å². The molecule has 110 valence electrons. The van der Waals surface area contributed by atoms with Crippen molar-refractivity contribution in [3.8, 4) is 0 Å². The van der Waals surface area contributed by atoms with Crippen LogP contribution in [0, 0.1) is 29.1 Å². The third-order valence-electron chi connectivity index (χ3n) is 6.94. The molecule has 0 saturated heterocycles. The Kier molecular flexibility index (Phi) is 3.32. The monoisotopic (exact) mass is 270 g/mol. The second-order valence-electron chi connectivity index (χ2n) is 8.42. The summed E-state index contributed by atoms with van der Waals surface area (Å²) >= 11 is 0. The molecule has 0 aromatic carbocycles. The Balaban J connectivity index is 1.60. The van der Waals surface area contributed by atoms with Gasteiger partial charge in [0.05, 0.1) is 0 Å². The zero-order valence-electron chi connectivity index (χ0n) is 12.9. The molecular formula is C20H30. The fourth-order valence-electron chi connectivity index (χ4n) is 6.48. The van der Waals surface area contributed by atoms with Crippen molar-refractivity contribution in [1.29, 1.82) is 0 Å². The van der Waals surface area contributed by atoms with Crippen LogP contribution in [0.3, 0.4) is 0 Å². The van der Waals surface area contributed by atoms with Crippen LogP contribution in [0.5, 0.6) is 0 Å². The Morgan fingerprint density at radius 1 is 0.850 bits per heavy atom. The molecule has 5 aliphatic rings. The van der Waals surface area contributed by atoms with Crippen LogP contribution in [0.1, 0.15) is 70.6 Å². The van der Waals surface area contributed by atoms with Crippen molar-refractivity contribution in [2.24, 2.45) is 29.1 Å². The first-order valence-corrected chi connectivity index (χ1v) is 9.12. The normalized spacial score (nSPS) is 44.8. The van der Waals surface area contributed by atoms with E-state index in [1.807, 2.05) is 0 Å². The van der Waals surface area contributed by atoms with Crippen LogP contribution in [0.4, 0.5) is 0 Å². The molecule has 4 bridgehead atoms. The Labute approximate surface area is 124 Å². The molecule has 5 aliphatic carbocycles. The summed E-state index contributed by atoms with van der Waals surface area (Å²) in [5, 5.41) is 0. The van der Waals surface area contributed by atoms with Crippen molar-refractivity contribution in [3.05, 3.63) is 24.3 Å². The SMILES string of the molecule is C=CC(=CC1CCCCC1)C12CC3CC(CC(C3)C1)C2. The maximum Gasteiger partial charge on any atom is -0.00423 e. The zero-order valence-corrected chi connectivity index (χ0v) is 12.9. The van der Waals surface area contributed by atoms with Crippen LogP contribution in [-0.4, -0.2) is 0 Å². The predicted octanol–water partition coefficient (Wildman–Crippen LogP) is 5.90. The van der Waals surface area contributed by atoms with Gasteiger partial charge in [-0.2, -0.15) is 0 Å². The van der Waals surface area contributed by atoms with Gasteiger partial charge < -0.3 is 0 Å². The van der Waals surface area contributed by atoms with E-state index in [0.29, 0.717) is 5.41 Å². The second-order valence-corrected chi connectivity index (χ2v) is 8.42. The Bertz CT molecular complexity index is 372. The lowest BCUT2D eigenvalue weighted by Gasteiger charge is -2.57. The molecule has 5 saturated carbocycles. The van der Waals surface area contributed by atoms with Crippen molar-refractivity contribution in [3.63, 3.8) is 0 Å². The predicted molar refractivity (Wildman–Crippen MR) is 85.5 cm³/mol. The quantitative estimate of drug-likeness (QED) is 0.560. The zero-order chi connectivity index (χ0) is 13.6. The summed E-state index contributed by atoms with van der Waals surface area (Å²) < 4.78 is 0. The lowest BCUT2D eigenvalue weighted by molar-refractivity contribution is -0.0288. The average Bonchev–Trinajstić information content (AvgIpc) is 2.44. The van der Waals surface area contributed by atoms with Gasteiger partial charge in [-0.3, -0.25) is 0 Å². The Morgan fingerprint density at radius 3 is 1.90 bits per heavy atom. The van der Waals surface area contributed by atoms with Crippen LogP contribution in [0.15, 0.2) is 24.3 Å². The van der Waals surface area contributed by atoms with E-state index in [4.69, 9.17) is 0 Å². The van der Waals surface area contributed by atoms with Gasteiger partial charge in [-0.25, -0.2) is 0 Å². The molecule has 0 radical (unpaired) electrons. The van der Waals surface area contributed by atoms with Gasteiger partial charge in [0, 0.05) is 0 Å². The van der Waals surface area contributed by atoms with Gasteiger partial charge >= 0.3 is 0 Å². The summed E-state index contributed by atoms with van der Waals surface area (Å²) in [7, 11) is 0. The first-order chi connectivity index (χ1) is 9.77. The third-order valence-corrected chi connectivity index (χ3v) is 6.94. The van der Waals surface area contributed by atoms with Crippen LogP contribution >= 0.6 is 0 Å². The van der Waals surface area contributed by atoms with Crippen molar-refractivity contribution in [1.82, 2.24) is 0 Å². The van der Waals surface area contributed by atoms with Gasteiger partial charge in [0.1, 0.15) is 0 Å². The number of allylic oxidation sites excluding steroid dienone is 3. The molecule has 0 aromatic heterocycles. The fraction of sp³-hybridized carbons (Fsp3) is 0.800. The lowest BCUT2D eigenvalue weighted by atomic mass is 9.47. The standard InChI is InChI=1S/C20H30/c1-2-19(11-15-6-4-3-5-7-15)20-12-16-8-17(13-20)10-18(9-16)14-20/h2,11,15-18H,1,3-10,12-14H2. The van der Waals surface area contributed by atoms with Crippen molar-refractivity contribution >= 4 is 0 Å². The molecule has 0 nitrogen and oxygen atoms in total. The second kappa shape index (κ2) is 5.04. The highest BCUT2D eigenvalue weighted by Crippen LogP contribution is 2.63. The van der Waals surface area contributed by atoms with E-state index in [-0.39, 0.29) is 0 Å². The molecule has 0 unspecified atom stereocenters. The average molecular weight is 270 g/mol. The molecule has 20 heavy (non-hydrogen) atoms. The van der Waals surface area contributed by atoms with Gasteiger partial charge in [0.2, 0.25) is 0 Å². The molecule has 5 fully saturated rings. The van der Waals surface area contributed by atoms with Crippen molar-refractivity contribution in [2.75, 3.05) is 0 Å². The molecule has 0 amide bonds. The number of rotatable bonds is 3. The van der Waals surface area contributed by atoms with E-state index in [1.165, 1.54) is 51.4 Å². The highest BCUT2D eigenvalue weighted by atomic mass is 14.6. The summed E-state index contributed by atoms with van der Waals surface area (Å²) in [6.07, 6.45) is 21.3. The van der Waals surface area contributed by atoms with E-state index in [0.717, 1.165) is 23.7 Å². The molecular weight excluding hydrogens is 240 g/mol. The molecule has 0 heteroatoms. The highest BCUT2D eigenvalue weighted by Gasteiger charge is 2.51. The smallest absolute Gasteiger partial charge is 0.00423 e. The largest absolute Gasteiger partial charge is 0.0988 e. The van der Waals surface area contributed by atoms with E-state index < -0.39 is 0 Å². The maximum atomic E-state index is 4.22. The molecule has 0 heterocycles. The first kappa shape index (κ1) is 13.2. The minimum absolute atomic E-state index is 0.563. The molecule has 0 N–H and O–H groups in total. The van der Waals surface area contributed by atoms with Crippen molar-refractivity contribution in [2.45, 2.75) is 70.6 Å². The van der Waals surface area contributed by atoms with Crippen molar-refractivity contribution < 1.29 is 0 Å². The molecule has 0 aliphatic heterocycles. The third kappa shape index (κ3) is 2.20. The van der Waals surface area contributed by atoms with Gasteiger partial charge in [-0.15, -0.1) is 0 Å². The minimum Gasteiger partial charge on any atom is -0.0988 e. The van der Waals surface area contributed by atoms with Gasteiger partial charge in [0.25, 0.3) is 0 Å². The number of hydrogen-bond donors (Lipinski definition) is 0. The van der Waals surface area contributed by atoms with Crippen LogP contribution in [0.2, 0.25) is 0 Å². The summed E-state index contributed by atoms with van der Waals surface area (Å²) in [4.78, 5) is 0. The minimum atomic E-state index is 0.563. The Hall–Kier alpha value is -0.520. The highest BCUT2D eigenvalue weighted by molar-refractivity contribution is 5.30.